The molecule has 2 aromatic carbocycles. The molecule has 0 heterocycles. The molecule has 136 valence electrons. The average Bonchev–Trinajstić information content (AvgIpc) is 3.50. The number of carbonyl (C=O) groups excluding carboxylic acids is 1. The lowest BCUT2D eigenvalue weighted by molar-refractivity contribution is 0.0693. The van der Waals surface area contributed by atoms with Crippen molar-refractivity contribution in [2.24, 2.45) is 5.92 Å². The van der Waals surface area contributed by atoms with Gasteiger partial charge in [-0.25, -0.2) is 9.59 Å². The molecule has 0 spiro atoms. The third-order valence-electron chi connectivity index (χ3n) is 4.49. The van der Waals surface area contributed by atoms with Crippen LogP contribution in [0.25, 0.3) is 0 Å². The zero-order chi connectivity index (χ0) is 18.5. The number of nitrogens with one attached hydrogen (secondary N) is 2. The first-order valence-corrected chi connectivity index (χ1v) is 8.58. The predicted molar refractivity (Wildman–Crippen MR) is 97.2 cm³/mol. The summed E-state index contributed by atoms with van der Waals surface area (Å²) in [6.45, 7) is 0.238. The molecule has 2 amide bonds. The van der Waals surface area contributed by atoms with Crippen molar-refractivity contribution in [1.29, 1.82) is 0 Å². The fraction of sp³-hybridized carbons (Fsp3) is 0.300. The minimum Gasteiger partial charge on any atom is -0.496 e. The number of carboxylic acid groups (broad SMARTS) is 1. The van der Waals surface area contributed by atoms with Crippen LogP contribution in [0.3, 0.4) is 0 Å². The van der Waals surface area contributed by atoms with E-state index in [1.807, 2.05) is 30.3 Å². The van der Waals surface area contributed by atoms with E-state index in [9.17, 15) is 14.7 Å². The minimum atomic E-state index is -1.06. The highest BCUT2D eigenvalue weighted by atomic mass is 16.5. The molecule has 0 radical (unpaired) electrons. The maximum Gasteiger partial charge on any atom is 0.339 e. The van der Waals surface area contributed by atoms with E-state index < -0.39 is 5.97 Å². The number of hydrogen-bond acceptors (Lipinski definition) is 3. The fourth-order valence-electron chi connectivity index (χ4n) is 2.97. The highest BCUT2D eigenvalue weighted by molar-refractivity contribution is 5.91. The van der Waals surface area contributed by atoms with Gasteiger partial charge in [-0.1, -0.05) is 36.4 Å². The highest BCUT2D eigenvalue weighted by Gasteiger charge is 2.33. The Morgan fingerprint density at radius 3 is 2.54 bits per heavy atom. The number of methoxy groups -OCH3 is 1. The first-order chi connectivity index (χ1) is 12.6. The maximum atomic E-state index is 12.3. The van der Waals surface area contributed by atoms with Crippen LogP contribution in [-0.2, 0) is 6.54 Å². The van der Waals surface area contributed by atoms with Crippen LogP contribution in [0.1, 0.15) is 40.4 Å². The van der Waals surface area contributed by atoms with E-state index in [-0.39, 0.29) is 24.2 Å². The SMILES string of the molecule is COc1ccc(CNC(=O)NC(c2ccccc2)C2CC2)cc1C(=O)O. The molecular weight excluding hydrogens is 332 g/mol. The van der Waals surface area contributed by atoms with Crippen LogP contribution >= 0.6 is 0 Å². The maximum absolute atomic E-state index is 12.3. The van der Waals surface area contributed by atoms with Crippen LogP contribution < -0.4 is 15.4 Å². The van der Waals surface area contributed by atoms with Crippen LogP contribution in [0.4, 0.5) is 4.79 Å². The molecule has 0 aliphatic heterocycles. The van der Waals surface area contributed by atoms with Crippen molar-refractivity contribution in [3.8, 4) is 5.75 Å². The van der Waals surface area contributed by atoms with Gasteiger partial charge in [0, 0.05) is 6.54 Å². The lowest BCUT2D eigenvalue weighted by Crippen LogP contribution is -2.38. The summed E-state index contributed by atoms with van der Waals surface area (Å²) < 4.78 is 5.04. The van der Waals surface area contributed by atoms with Crippen molar-refractivity contribution >= 4 is 12.0 Å². The summed E-state index contributed by atoms with van der Waals surface area (Å²) in [6, 6.07) is 14.5. The molecule has 3 N–H and O–H groups in total. The van der Waals surface area contributed by atoms with Crippen molar-refractivity contribution in [3.63, 3.8) is 0 Å². The largest absolute Gasteiger partial charge is 0.496 e. The molecule has 26 heavy (non-hydrogen) atoms. The molecule has 0 saturated heterocycles. The van der Waals surface area contributed by atoms with Crippen LogP contribution in [0.2, 0.25) is 0 Å². The molecule has 1 aliphatic carbocycles. The Balaban J connectivity index is 1.62. The van der Waals surface area contributed by atoms with E-state index in [0.29, 0.717) is 17.2 Å². The average molecular weight is 354 g/mol. The van der Waals surface area contributed by atoms with Gasteiger partial charge >= 0.3 is 12.0 Å². The van der Waals surface area contributed by atoms with Crippen LogP contribution in [0, 0.1) is 5.92 Å². The molecular formula is C20H22N2O4. The van der Waals surface area contributed by atoms with Gasteiger partial charge in [0.2, 0.25) is 0 Å². The Bertz CT molecular complexity index is 788. The van der Waals surface area contributed by atoms with E-state index in [0.717, 1.165) is 18.4 Å². The van der Waals surface area contributed by atoms with Gasteiger partial charge < -0.3 is 20.5 Å². The standard InChI is InChI=1S/C20H22N2O4/c1-26-17-10-7-13(11-16(17)19(23)24)12-21-20(25)22-18(15-8-9-15)14-5-3-2-4-6-14/h2-7,10-11,15,18H,8-9,12H2,1H3,(H,23,24)(H2,21,22,25). The molecule has 1 fully saturated rings. The van der Waals surface area contributed by atoms with Crippen molar-refractivity contribution in [1.82, 2.24) is 10.6 Å². The Hall–Kier alpha value is -3.02. The molecule has 3 rings (SSSR count). The lowest BCUT2D eigenvalue weighted by atomic mass is 10.0. The van der Waals surface area contributed by atoms with Crippen molar-refractivity contribution in [3.05, 3.63) is 65.2 Å². The van der Waals surface area contributed by atoms with Gasteiger partial charge in [-0.3, -0.25) is 0 Å². The molecule has 1 saturated carbocycles. The summed E-state index contributed by atoms with van der Waals surface area (Å²) in [5, 5.41) is 15.1. The summed E-state index contributed by atoms with van der Waals surface area (Å²) in [5.74, 6) is -0.294. The number of carbonyl (C=O) groups is 2. The Morgan fingerprint density at radius 2 is 1.92 bits per heavy atom. The number of rotatable bonds is 7. The second-order valence-electron chi connectivity index (χ2n) is 6.39. The zero-order valence-corrected chi connectivity index (χ0v) is 14.6. The third-order valence-corrected chi connectivity index (χ3v) is 4.49. The van der Waals surface area contributed by atoms with Gasteiger partial charge in [0.25, 0.3) is 0 Å². The van der Waals surface area contributed by atoms with Crippen LogP contribution in [0.15, 0.2) is 48.5 Å². The Kier molecular flexibility index (Phi) is 5.41. The first-order valence-electron chi connectivity index (χ1n) is 8.58. The van der Waals surface area contributed by atoms with Gasteiger partial charge in [-0.05, 0) is 42.0 Å². The van der Waals surface area contributed by atoms with E-state index >= 15 is 0 Å². The van der Waals surface area contributed by atoms with E-state index in [1.54, 1.807) is 12.1 Å². The van der Waals surface area contributed by atoms with Crippen LogP contribution in [0.5, 0.6) is 5.75 Å². The minimum absolute atomic E-state index is 0.00153. The summed E-state index contributed by atoms with van der Waals surface area (Å²) in [4.78, 5) is 23.6. The molecule has 6 nitrogen and oxygen atoms in total. The third kappa shape index (κ3) is 4.33. The fourth-order valence-corrected chi connectivity index (χ4v) is 2.97. The van der Waals surface area contributed by atoms with Crippen molar-refractivity contribution in [2.45, 2.75) is 25.4 Å². The zero-order valence-electron chi connectivity index (χ0n) is 14.6. The van der Waals surface area contributed by atoms with Crippen molar-refractivity contribution in [2.75, 3.05) is 7.11 Å². The number of amides is 2. The van der Waals surface area contributed by atoms with Crippen LogP contribution in [-0.4, -0.2) is 24.2 Å². The molecule has 0 aromatic heterocycles. The summed E-state index contributed by atoms with van der Waals surface area (Å²) in [7, 11) is 1.43. The second-order valence-corrected chi connectivity index (χ2v) is 6.39. The van der Waals surface area contributed by atoms with E-state index in [4.69, 9.17) is 4.74 Å². The summed E-state index contributed by atoms with van der Waals surface area (Å²) in [5.41, 5.74) is 1.87. The number of urea groups is 1. The summed E-state index contributed by atoms with van der Waals surface area (Å²) >= 11 is 0. The smallest absolute Gasteiger partial charge is 0.339 e. The lowest BCUT2D eigenvalue weighted by Gasteiger charge is -2.19. The topological polar surface area (TPSA) is 87.7 Å². The summed E-state index contributed by atoms with van der Waals surface area (Å²) in [6.07, 6.45) is 2.22. The van der Waals surface area contributed by atoms with Gasteiger partial charge in [-0.15, -0.1) is 0 Å². The van der Waals surface area contributed by atoms with E-state index in [2.05, 4.69) is 10.6 Å². The van der Waals surface area contributed by atoms with Gasteiger partial charge in [-0.2, -0.15) is 0 Å². The molecule has 2 aromatic rings. The number of ether oxygens (including phenoxy) is 1. The first kappa shape index (κ1) is 17.8. The molecule has 1 atom stereocenters. The van der Waals surface area contributed by atoms with E-state index in [1.165, 1.54) is 13.2 Å². The Morgan fingerprint density at radius 1 is 1.19 bits per heavy atom. The number of hydrogen-bond donors (Lipinski definition) is 3. The monoisotopic (exact) mass is 354 g/mol. The number of carboxylic acids is 1. The van der Waals surface area contributed by atoms with Gasteiger partial charge in [0.1, 0.15) is 11.3 Å². The Labute approximate surface area is 152 Å². The molecule has 1 unspecified atom stereocenters. The second kappa shape index (κ2) is 7.91. The molecule has 1 aliphatic rings. The number of benzene rings is 2. The highest BCUT2D eigenvalue weighted by Crippen LogP contribution is 2.40. The van der Waals surface area contributed by atoms with Crippen molar-refractivity contribution < 1.29 is 19.4 Å². The predicted octanol–water partition coefficient (Wildman–Crippen LogP) is 3.34. The van der Waals surface area contributed by atoms with Gasteiger partial charge in [0.15, 0.2) is 0 Å². The number of aromatic carboxylic acids is 1. The molecule has 0 bridgehead atoms. The normalized spacial score (nSPS) is 14.3. The van der Waals surface area contributed by atoms with Gasteiger partial charge in [0.05, 0.1) is 13.2 Å². The molecule has 6 heteroatoms. The quantitative estimate of drug-likeness (QED) is 0.711.